The number of amides is 1. The van der Waals surface area contributed by atoms with Crippen molar-refractivity contribution in [1.29, 1.82) is 0 Å². The Hall–Kier alpha value is -1.75. The number of benzene rings is 1. The van der Waals surface area contributed by atoms with Crippen molar-refractivity contribution in [3.05, 3.63) is 52.8 Å². The first-order valence-corrected chi connectivity index (χ1v) is 9.26. The molecule has 23 heavy (non-hydrogen) atoms. The Labute approximate surface area is 141 Å². The van der Waals surface area contributed by atoms with Gasteiger partial charge in [-0.3, -0.25) is 9.48 Å². The Morgan fingerprint density at radius 2 is 1.96 bits per heavy atom. The minimum absolute atomic E-state index is 0.158. The van der Waals surface area contributed by atoms with Crippen LogP contribution in [0.4, 0.5) is 0 Å². The summed E-state index contributed by atoms with van der Waals surface area (Å²) in [6.07, 6.45) is 1.09. The largest absolute Gasteiger partial charge is 0.338 e. The predicted molar refractivity (Wildman–Crippen MR) is 95.1 cm³/mol. The van der Waals surface area contributed by atoms with Gasteiger partial charge >= 0.3 is 0 Å². The van der Waals surface area contributed by atoms with Gasteiger partial charge in [0.1, 0.15) is 0 Å². The summed E-state index contributed by atoms with van der Waals surface area (Å²) in [7, 11) is 0. The quantitative estimate of drug-likeness (QED) is 0.868. The van der Waals surface area contributed by atoms with Gasteiger partial charge in [0, 0.05) is 30.1 Å². The standard InChI is InChI=1S/C18H23N3OS/c1-14-12-15(2)21(19-14)13-16-4-6-17(7-5-16)18(22)20-8-3-10-23-11-9-20/h4-7,12H,3,8-11,13H2,1-2H3. The fourth-order valence-corrected chi connectivity index (χ4v) is 3.78. The highest BCUT2D eigenvalue weighted by atomic mass is 32.2. The molecule has 1 saturated heterocycles. The highest BCUT2D eigenvalue weighted by Crippen LogP contribution is 2.15. The number of hydrogen-bond donors (Lipinski definition) is 0. The maximum atomic E-state index is 12.6. The summed E-state index contributed by atoms with van der Waals surface area (Å²) in [5, 5.41) is 4.49. The van der Waals surface area contributed by atoms with Crippen molar-refractivity contribution in [2.75, 3.05) is 24.6 Å². The summed E-state index contributed by atoms with van der Waals surface area (Å²) in [6.45, 7) is 6.55. The van der Waals surface area contributed by atoms with Gasteiger partial charge in [0.2, 0.25) is 0 Å². The van der Waals surface area contributed by atoms with Gasteiger partial charge in [-0.05, 0) is 49.8 Å². The third kappa shape index (κ3) is 3.96. The van der Waals surface area contributed by atoms with Gasteiger partial charge in [0.25, 0.3) is 5.91 Å². The molecule has 0 N–H and O–H groups in total. The zero-order chi connectivity index (χ0) is 16.2. The van der Waals surface area contributed by atoms with Crippen molar-refractivity contribution >= 4 is 17.7 Å². The lowest BCUT2D eigenvalue weighted by molar-refractivity contribution is 0.0768. The lowest BCUT2D eigenvalue weighted by Crippen LogP contribution is -2.32. The monoisotopic (exact) mass is 329 g/mol. The smallest absolute Gasteiger partial charge is 0.253 e. The Kier molecular flexibility index (Phi) is 5.06. The molecule has 0 spiro atoms. The van der Waals surface area contributed by atoms with Gasteiger partial charge in [0.15, 0.2) is 0 Å². The third-order valence-corrected chi connectivity index (χ3v) is 5.19. The van der Waals surface area contributed by atoms with E-state index in [1.807, 2.05) is 52.5 Å². The van der Waals surface area contributed by atoms with Crippen LogP contribution in [0.3, 0.4) is 0 Å². The molecule has 4 nitrogen and oxygen atoms in total. The van der Waals surface area contributed by atoms with E-state index in [-0.39, 0.29) is 5.91 Å². The molecular formula is C18H23N3OS. The number of thioether (sulfide) groups is 1. The molecule has 0 atom stereocenters. The van der Waals surface area contributed by atoms with Crippen molar-refractivity contribution in [3.8, 4) is 0 Å². The fourth-order valence-electron chi connectivity index (χ4n) is 2.89. The number of carbonyl (C=O) groups excluding carboxylic acids is 1. The van der Waals surface area contributed by atoms with Gasteiger partial charge in [-0.2, -0.15) is 16.9 Å². The lowest BCUT2D eigenvalue weighted by atomic mass is 10.1. The summed E-state index contributed by atoms with van der Waals surface area (Å²) >= 11 is 1.94. The van der Waals surface area contributed by atoms with Crippen LogP contribution in [0.5, 0.6) is 0 Å². The minimum Gasteiger partial charge on any atom is -0.338 e. The first-order chi connectivity index (χ1) is 11.1. The van der Waals surface area contributed by atoms with E-state index >= 15 is 0 Å². The number of rotatable bonds is 3. The Bertz CT molecular complexity index is 670. The predicted octanol–water partition coefficient (Wildman–Crippen LogP) is 3.13. The molecule has 0 saturated carbocycles. The molecule has 1 amide bonds. The molecule has 1 aromatic carbocycles. The molecule has 122 valence electrons. The molecule has 1 aliphatic rings. The van der Waals surface area contributed by atoms with E-state index in [0.29, 0.717) is 0 Å². The molecule has 1 aromatic heterocycles. The second kappa shape index (κ2) is 7.21. The highest BCUT2D eigenvalue weighted by Gasteiger charge is 2.17. The van der Waals surface area contributed by atoms with Crippen molar-refractivity contribution in [1.82, 2.24) is 14.7 Å². The Morgan fingerprint density at radius 3 is 2.65 bits per heavy atom. The summed E-state index contributed by atoms with van der Waals surface area (Å²) in [5.74, 6) is 2.36. The van der Waals surface area contributed by atoms with Crippen LogP contribution in [0.2, 0.25) is 0 Å². The average molecular weight is 329 g/mol. The van der Waals surface area contributed by atoms with Crippen molar-refractivity contribution < 1.29 is 4.79 Å². The van der Waals surface area contributed by atoms with Crippen molar-refractivity contribution in [2.24, 2.45) is 0 Å². The van der Waals surface area contributed by atoms with E-state index in [2.05, 4.69) is 18.1 Å². The van der Waals surface area contributed by atoms with Crippen molar-refractivity contribution in [2.45, 2.75) is 26.8 Å². The molecule has 2 aromatic rings. The van der Waals surface area contributed by atoms with Gasteiger partial charge in [0.05, 0.1) is 12.2 Å². The number of nitrogens with zero attached hydrogens (tertiary/aromatic N) is 3. The van der Waals surface area contributed by atoms with Gasteiger partial charge in [-0.1, -0.05) is 12.1 Å². The normalized spacial score (nSPS) is 15.5. The number of aromatic nitrogens is 2. The molecule has 0 bridgehead atoms. The SMILES string of the molecule is Cc1cc(C)n(Cc2ccc(C(=O)N3CCCSCC3)cc2)n1. The van der Waals surface area contributed by atoms with Crippen LogP contribution < -0.4 is 0 Å². The number of carbonyl (C=O) groups is 1. The molecule has 0 aliphatic carbocycles. The maximum Gasteiger partial charge on any atom is 0.253 e. The fraction of sp³-hybridized carbons (Fsp3) is 0.444. The summed E-state index contributed by atoms with van der Waals surface area (Å²) in [4.78, 5) is 14.6. The second-order valence-corrected chi connectivity index (χ2v) is 7.26. The zero-order valence-electron chi connectivity index (χ0n) is 13.8. The lowest BCUT2D eigenvalue weighted by Gasteiger charge is -2.20. The van der Waals surface area contributed by atoms with Crippen LogP contribution >= 0.6 is 11.8 Å². The minimum atomic E-state index is 0.158. The molecule has 3 rings (SSSR count). The van der Waals surface area contributed by atoms with E-state index in [4.69, 9.17) is 0 Å². The first kappa shape index (κ1) is 16.1. The summed E-state index contributed by atoms with van der Waals surface area (Å²) < 4.78 is 2.00. The highest BCUT2D eigenvalue weighted by molar-refractivity contribution is 7.99. The van der Waals surface area contributed by atoms with Gasteiger partial charge in [-0.15, -0.1) is 0 Å². The van der Waals surface area contributed by atoms with Crippen LogP contribution in [0.1, 0.15) is 33.7 Å². The molecule has 1 fully saturated rings. The van der Waals surface area contributed by atoms with Crippen LogP contribution in [-0.4, -0.2) is 45.2 Å². The van der Waals surface area contributed by atoms with Crippen LogP contribution in [0, 0.1) is 13.8 Å². The maximum absolute atomic E-state index is 12.6. The number of hydrogen-bond acceptors (Lipinski definition) is 3. The third-order valence-electron chi connectivity index (χ3n) is 4.15. The summed E-state index contributed by atoms with van der Waals surface area (Å²) in [5.41, 5.74) is 4.14. The van der Waals surface area contributed by atoms with Crippen LogP contribution in [0.25, 0.3) is 0 Å². The average Bonchev–Trinajstić information content (AvgIpc) is 2.75. The van der Waals surface area contributed by atoms with E-state index in [0.717, 1.165) is 54.5 Å². The number of aryl methyl sites for hydroxylation is 2. The van der Waals surface area contributed by atoms with Gasteiger partial charge < -0.3 is 4.90 Å². The first-order valence-electron chi connectivity index (χ1n) is 8.10. The van der Waals surface area contributed by atoms with E-state index < -0.39 is 0 Å². The molecule has 0 unspecified atom stereocenters. The van der Waals surface area contributed by atoms with E-state index in [1.54, 1.807) is 0 Å². The topological polar surface area (TPSA) is 38.1 Å². The van der Waals surface area contributed by atoms with Crippen molar-refractivity contribution in [3.63, 3.8) is 0 Å². The molecule has 5 heteroatoms. The second-order valence-electron chi connectivity index (χ2n) is 6.04. The van der Waals surface area contributed by atoms with Crippen LogP contribution in [-0.2, 0) is 6.54 Å². The molecule has 1 aliphatic heterocycles. The molecule has 2 heterocycles. The Balaban J connectivity index is 1.68. The van der Waals surface area contributed by atoms with Gasteiger partial charge in [-0.25, -0.2) is 0 Å². The zero-order valence-corrected chi connectivity index (χ0v) is 14.6. The summed E-state index contributed by atoms with van der Waals surface area (Å²) in [6, 6.07) is 10.0. The Morgan fingerprint density at radius 1 is 1.17 bits per heavy atom. The molecular weight excluding hydrogens is 306 g/mol. The van der Waals surface area contributed by atoms with E-state index in [1.165, 1.54) is 5.56 Å². The van der Waals surface area contributed by atoms with E-state index in [9.17, 15) is 4.79 Å². The molecule has 0 radical (unpaired) electrons. The van der Waals surface area contributed by atoms with Crippen LogP contribution in [0.15, 0.2) is 30.3 Å².